The molecule has 0 fully saturated rings. The van der Waals surface area contributed by atoms with Crippen molar-refractivity contribution in [2.24, 2.45) is 0 Å². The Hall–Kier alpha value is -0.120. The molecule has 0 N–H and O–H groups in total. The van der Waals surface area contributed by atoms with E-state index in [2.05, 4.69) is 0 Å². The van der Waals surface area contributed by atoms with Crippen LogP contribution in [0.3, 0.4) is 0 Å². The molecule has 0 aliphatic carbocycles. The Morgan fingerprint density at radius 3 is 2.17 bits per heavy atom. The first-order valence-electron chi connectivity index (χ1n) is 4.66. The SMILES string of the molecule is CCOCCOC(CC)OCC. The fourth-order valence-electron chi connectivity index (χ4n) is 0.853. The van der Waals surface area contributed by atoms with Crippen LogP contribution in [0.15, 0.2) is 0 Å². The van der Waals surface area contributed by atoms with Crippen LogP contribution in [-0.2, 0) is 14.2 Å². The normalized spacial score (nSPS) is 13.2. The molecule has 0 saturated heterocycles. The Bertz CT molecular complexity index is 85.8. The summed E-state index contributed by atoms with van der Waals surface area (Å²) < 4.78 is 15.8. The van der Waals surface area contributed by atoms with E-state index in [9.17, 15) is 0 Å². The van der Waals surface area contributed by atoms with E-state index in [0.717, 1.165) is 13.0 Å². The molecule has 0 bridgehead atoms. The van der Waals surface area contributed by atoms with Gasteiger partial charge >= 0.3 is 0 Å². The van der Waals surface area contributed by atoms with Gasteiger partial charge in [-0.3, -0.25) is 0 Å². The Morgan fingerprint density at radius 1 is 0.917 bits per heavy atom. The maximum absolute atomic E-state index is 5.39. The van der Waals surface area contributed by atoms with E-state index in [4.69, 9.17) is 14.2 Å². The molecule has 1 atom stereocenters. The number of hydrogen-bond donors (Lipinski definition) is 0. The standard InChI is InChI=1S/C9H20O3/c1-4-9(11-6-3)12-8-7-10-5-2/h9H,4-8H2,1-3H3. The Kier molecular flexibility index (Phi) is 8.88. The lowest BCUT2D eigenvalue weighted by Crippen LogP contribution is -2.18. The van der Waals surface area contributed by atoms with Gasteiger partial charge in [0.05, 0.1) is 13.2 Å². The third-order valence-electron chi connectivity index (χ3n) is 1.42. The summed E-state index contributed by atoms with van der Waals surface area (Å²) in [6.45, 7) is 8.70. The Balaban J connectivity index is 3.19. The lowest BCUT2D eigenvalue weighted by Gasteiger charge is -2.15. The number of hydrogen-bond acceptors (Lipinski definition) is 3. The van der Waals surface area contributed by atoms with Gasteiger partial charge in [-0.05, 0) is 20.3 Å². The molecule has 0 spiro atoms. The van der Waals surface area contributed by atoms with Crippen LogP contribution < -0.4 is 0 Å². The van der Waals surface area contributed by atoms with Crippen molar-refractivity contribution >= 4 is 0 Å². The second-order valence-corrected chi connectivity index (χ2v) is 2.36. The van der Waals surface area contributed by atoms with Gasteiger partial charge in [0.1, 0.15) is 0 Å². The minimum Gasteiger partial charge on any atom is -0.379 e. The summed E-state index contributed by atoms with van der Waals surface area (Å²) in [6.07, 6.45) is 0.829. The fraction of sp³-hybridized carbons (Fsp3) is 1.00. The van der Waals surface area contributed by atoms with Crippen molar-refractivity contribution in [2.45, 2.75) is 33.5 Å². The highest BCUT2D eigenvalue weighted by Gasteiger charge is 2.03. The van der Waals surface area contributed by atoms with Crippen LogP contribution in [0, 0.1) is 0 Å². The first kappa shape index (κ1) is 11.9. The monoisotopic (exact) mass is 176 g/mol. The second-order valence-electron chi connectivity index (χ2n) is 2.36. The van der Waals surface area contributed by atoms with E-state index in [1.807, 2.05) is 20.8 Å². The second kappa shape index (κ2) is 8.97. The average molecular weight is 176 g/mol. The zero-order chi connectivity index (χ0) is 9.23. The third kappa shape index (κ3) is 6.58. The van der Waals surface area contributed by atoms with Gasteiger partial charge in [-0.15, -0.1) is 0 Å². The summed E-state index contributed by atoms with van der Waals surface area (Å²) in [4.78, 5) is 0. The molecule has 1 unspecified atom stereocenters. The quantitative estimate of drug-likeness (QED) is 0.417. The smallest absolute Gasteiger partial charge is 0.157 e. The summed E-state index contributed by atoms with van der Waals surface area (Å²) >= 11 is 0. The van der Waals surface area contributed by atoms with Crippen molar-refractivity contribution in [1.29, 1.82) is 0 Å². The van der Waals surface area contributed by atoms with Crippen LogP contribution in [-0.4, -0.2) is 32.7 Å². The van der Waals surface area contributed by atoms with Crippen molar-refractivity contribution in [3.63, 3.8) is 0 Å². The zero-order valence-corrected chi connectivity index (χ0v) is 8.34. The molecule has 0 heterocycles. The van der Waals surface area contributed by atoms with Gasteiger partial charge in [-0.1, -0.05) is 6.92 Å². The van der Waals surface area contributed by atoms with Gasteiger partial charge in [0.25, 0.3) is 0 Å². The molecular formula is C9H20O3. The molecule has 0 aromatic carbocycles. The fourth-order valence-corrected chi connectivity index (χ4v) is 0.853. The summed E-state index contributed by atoms with van der Waals surface area (Å²) in [5.74, 6) is 0. The van der Waals surface area contributed by atoms with Crippen LogP contribution in [0.1, 0.15) is 27.2 Å². The van der Waals surface area contributed by atoms with Crippen molar-refractivity contribution in [3.05, 3.63) is 0 Å². The lowest BCUT2D eigenvalue weighted by molar-refractivity contribution is -0.148. The van der Waals surface area contributed by atoms with Gasteiger partial charge in [0.15, 0.2) is 6.29 Å². The highest BCUT2D eigenvalue weighted by Crippen LogP contribution is 1.99. The summed E-state index contributed by atoms with van der Waals surface area (Å²) in [7, 11) is 0. The first-order valence-corrected chi connectivity index (χ1v) is 4.66. The van der Waals surface area contributed by atoms with Crippen molar-refractivity contribution in [2.75, 3.05) is 26.4 Å². The van der Waals surface area contributed by atoms with Gasteiger partial charge < -0.3 is 14.2 Å². The maximum atomic E-state index is 5.39. The highest BCUT2D eigenvalue weighted by atomic mass is 16.7. The molecule has 0 aliphatic rings. The molecule has 0 aliphatic heterocycles. The summed E-state index contributed by atoms with van der Waals surface area (Å²) in [6, 6.07) is 0. The summed E-state index contributed by atoms with van der Waals surface area (Å²) in [5.41, 5.74) is 0. The van der Waals surface area contributed by atoms with Gasteiger partial charge in [-0.25, -0.2) is 0 Å². The Labute approximate surface area is 75.0 Å². The van der Waals surface area contributed by atoms with E-state index in [1.54, 1.807) is 0 Å². The number of ether oxygens (including phenoxy) is 3. The van der Waals surface area contributed by atoms with E-state index < -0.39 is 0 Å². The van der Waals surface area contributed by atoms with Gasteiger partial charge in [0.2, 0.25) is 0 Å². The predicted molar refractivity (Wildman–Crippen MR) is 48.2 cm³/mol. The minimum absolute atomic E-state index is 0.0598. The average Bonchev–Trinajstić information content (AvgIpc) is 2.10. The molecule has 0 rings (SSSR count). The number of rotatable bonds is 8. The summed E-state index contributed by atoms with van der Waals surface area (Å²) in [5, 5.41) is 0. The molecule has 0 saturated carbocycles. The molecule has 0 amide bonds. The molecule has 12 heavy (non-hydrogen) atoms. The zero-order valence-electron chi connectivity index (χ0n) is 8.34. The molecule has 0 aromatic heterocycles. The van der Waals surface area contributed by atoms with Gasteiger partial charge in [0, 0.05) is 13.2 Å². The van der Waals surface area contributed by atoms with Crippen molar-refractivity contribution < 1.29 is 14.2 Å². The molecule has 74 valence electrons. The molecule has 3 nitrogen and oxygen atoms in total. The molecule has 3 heteroatoms. The van der Waals surface area contributed by atoms with E-state index in [0.29, 0.717) is 19.8 Å². The lowest BCUT2D eigenvalue weighted by atomic mass is 10.5. The largest absolute Gasteiger partial charge is 0.379 e. The van der Waals surface area contributed by atoms with Crippen LogP contribution in [0.5, 0.6) is 0 Å². The van der Waals surface area contributed by atoms with Crippen molar-refractivity contribution in [3.8, 4) is 0 Å². The van der Waals surface area contributed by atoms with Crippen LogP contribution >= 0.6 is 0 Å². The maximum Gasteiger partial charge on any atom is 0.157 e. The van der Waals surface area contributed by atoms with Gasteiger partial charge in [-0.2, -0.15) is 0 Å². The predicted octanol–water partition coefficient (Wildman–Crippen LogP) is 1.81. The molecule has 0 aromatic rings. The van der Waals surface area contributed by atoms with Crippen LogP contribution in [0.25, 0.3) is 0 Å². The topological polar surface area (TPSA) is 27.7 Å². The van der Waals surface area contributed by atoms with E-state index in [1.165, 1.54) is 0 Å². The molecular weight excluding hydrogens is 156 g/mol. The van der Waals surface area contributed by atoms with Crippen LogP contribution in [0.4, 0.5) is 0 Å². The Morgan fingerprint density at radius 2 is 1.67 bits per heavy atom. The van der Waals surface area contributed by atoms with Crippen molar-refractivity contribution in [1.82, 2.24) is 0 Å². The minimum atomic E-state index is -0.0598. The van der Waals surface area contributed by atoms with Crippen LogP contribution in [0.2, 0.25) is 0 Å². The first-order chi connectivity index (χ1) is 5.85. The highest BCUT2D eigenvalue weighted by molar-refractivity contribution is 4.39. The molecule has 0 radical (unpaired) electrons. The van der Waals surface area contributed by atoms with E-state index in [-0.39, 0.29) is 6.29 Å². The van der Waals surface area contributed by atoms with E-state index >= 15 is 0 Å². The third-order valence-corrected chi connectivity index (χ3v) is 1.42.